The van der Waals surface area contributed by atoms with Gasteiger partial charge in [0, 0.05) is 31.6 Å². The highest BCUT2D eigenvalue weighted by atomic mass is 32.1. The Hall–Kier alpha value is -0.490. The molecule has 0 aromatic carbocycles. The highest BCUT2D eigenvalue weighted by Crippen LogP contribution is 2.07. The predicted molar refractivity (Wildman–Crippen MR) is 72.4 cm³/mol. The van der Waals surface area contributed by atoms with Crippen LogP contribution < -0.4 is 5.32 Å². The Morgan fingerprint density at radius 3 is 3.00 bits per heavy atom. The maximum atomic E-state index is 5.28. The van der Waals surface area contributed by atoms with Crippen LogP contribution in [-0.2, 0) is 11.3 Å². The predicted octanol–water partition coefficient (Wildman–Crippen LogP) is 1.59. The van der Waals surface area contributed by atoms with Crippen molar-refractivity contribution < 1.29 is 4.74 Å². The number of hydrogen-bond acceptors (Lipinski definition) is 5. The molecule has 0 bridgehead atoms. The number of nitrogens with zero attached hydrogens (tertiary/aromatic N) is 2. The van der Waals surface area contributed by atoms with Gasteiger partial charge in [-0.25, -0.2) is 4.98 Å². The molecular formula is C12H23N3OS. The van der Waals surface area contributed by atoms with Gasteiger partial charge in [-0.05, 0) is 20.0 Å². The van der Waals surface area contributed by atoms with E-state index in [1.165, 1.54) is 0 Å². The van der Waals surface area contributed by atoms with Crippen LogP contribution in [0.2, 0.25) is 0 Å². The normalized spacial score (nSPS) is 13.2. The van der Waals surface area contributed by atoms with Crippen molar-refractivity contribution in [3.8, 4) is 0 Å². The van der Waals surface area contributed by atoms with E-state index in [1.54, 1.807) is 18.4 Å². The van der Waals surface area contributed by atoms with Crippen molar-refractivity contribution in [3.63, 3.8) is 0 Å². The Bertz CT molecular complexity index is 279. The molecule has 0 amide bonds. The first kappa shape index (κ1) is 14.6. The average molecular weight is 257 g/mol. The van der Waals surface area contributed by atoms with Crippen molar-refractivity contribution >= 4 is 11.3 Å². The largest absolute Gasteiger partial charge is 0.383 e. The van der Waals surface area contributed by atoms with Gasteiger partial charge < -0.3 is 10.1 Å². The molecule has 0 radical (unpaired) electrons. The van der Waals surface area contributed by atoms with E-state index in [0.29, 0.717) is 6.04 Å². The number of likely N-dealkylation sites (N-methyl/N-ethyl adjacent to an activating group) is 1. The van der Waals surface area contributed by atoms with Gasteiger partial charge in [0.15, 0.2) is 0 Å². The molecule has 1 N–H and O–H groups in total. The highest BCUT2D eigenvalue weighted by molar-refractivity contribution is 7.07. The fourth-order valence-corrected chi connectivity index (χ4v) is 2.23. The van der Waals surface area contributed by atoms with Crippen LogP contribution in [0.25, 0.3) is 0 Å². The topological polar surface area (TPSA) is 37.4 Å². The maximum absolute atomic E-state index is 5.28. The van der Waals surface area contributed by atoms with Gasteiger partial charge in [0.1, 0.15) is 0 Å². The van der Waals surface area contributed by atoms with E-state index < -0.39 is 0 Å². The molecule has 98 valence electrons. The molecule has 5 heteroatoms. The van der Waals surface area contributed by atoms with Crippen molar-refractivity contribution in [2.45, 2.75) is 25.9 Å². The molecule has 1 unspecified atom stereocenters. The summed E-state index contributed by atoms with van der Waals surface area (Å²) in [5.74, 6) is 0. The van der Waals surface area contributed by atoms with Crippen LogP contribution in [0.5, 0.6) is 0 Å². The summed E-state index contributed by atoms with van der Waals surface area (Å²) in [6.45, 7) is 5.83. The van der Waals surface area contributed by atoms with Crippen LogP contribution >= 0.6 is 11.3 Å². The molecule has 17 heavy (non-hydrogen) atoms. The zero-order valence-corrected chi connectivity index (χ0v) is 11.8. The van der Waals surface area contributed by atoms with Gasteiger partial charge in [-0.15, -0.1) is 11.3 Å². The highest BCUT2D eigenvalue weighted by Gasteiger charge is 2.14. The third-order valence-corrected chi connectivity index (χ3v) is 3.32. The van der Waals surface area contributed by atoms with Crippen LogP contribution in [0, 0.1) is 0 Å². The Labute approximate surface area is 108 Å². The number of methoxy groups -OCH3 is 1. The number of nitrogens with one attached hydrogen (secondary N) is 1. The molecule has 0 saturated carbocycles. The lowest BCUT2D eigenvalue weighted by Gasteiger charge is -2.27. The quantitative estimate of drug-likeness (QED) is 0.682. The Kier molecular flexibility index (Phi) is 7.35. The molecule has 0 aliphatic rings. The Balaban J connectivity index is 2.39. The standard InChI is InChI=1S/C12H23N3OS/c1-4-5-13-6-12(8-16-3)15(2)7-11-9-17-10-14-11/h9-10,12-13H,4-8H2,1-3H3. The zero-order valence-electron chi connectivity index (χ0n) is 11.0. The summed E-state index contributed by atoms with van der Waals surface area (Å²) in [6.07, 6.45) is 1.16. The Morgan fingerprint density at radius 2 is 2.41 bits per heavy atom. The fraction of sp³-hybridized carbons (Fsp3) is 0.750. The van der Waals surface area contributed by atoms with Gasteiger partial charge in [-0.1, -0.05) is 6.92 Å². The van der Waals surface area contributed by atoms with Gasteiger partial charge in [0.25, 0.3) is 0 Å². The minimum atomic E-state index is 0.397. The molecule has 1 rings (SSSR count). The van der Waals surface area contributed by atoms with Gasteiger partial charge in [-0.2, -0.15) is 0 Å². The summed E-state index contributed by atoms with van der Waals surface area (Å²) >= 11 is 1.64. The summed E-state index contributed by atoms with van der Waals surface area (Å²) in [7, 11) is 3.88. The number of ether oxygens (including phenoxy) is 1. The van der Waals surface area contributed by atoms with E-state index in [1.807, 2.05) is 5.51 Å². The second-order valence-corrected chi connectivity index (χ2v) is 4.93. The van der Waals surface area contributed by atoms with Gasteiger partial charge in [-0.3, -0.25) is 4.90 Å². The Morgan fingerprint density at radius 1 is 1.59 bits per heavy atom. The van der Waals surface area contributed by atoms with E-state index in [4.69, 9.17) is 4.74 Å². The first-order valence-corrected chi connectivity index (χ1v) is 6.99. The van der Waals surface area contributed by atoms with Crippen LogP contribution in [0.3, 0.4) is 0 Å². The van der Waals surface area contributed by atoms with E-state index in [0.717, 1.165) is 38.4 Å². The molecular weight excluding hydrogens is 234 g/mol. The SMILES string of the molecule is CCCNCC(COC)N(C)Cc1cscn1. The van der Waals surface area contributed by atoms with Crippen molar-refractivity contribution in [3.05, 3.63) is 16.6 Å². The summed E-state index contributed by atoms with van der Waals surface area (Å²) in [6, 6.07) is 0.397. The minimum absolute atomic E-state index is 0.397. The maximum Gasteiger partial charge on any atom is 0.0795 e. The smallest absolute Gasteiger partial charge is 0.0795 e. The molecule has 4 nitrogen and oxygen atoms in total. The third-order valence-electron chi connectivity index (χ3n) is 2.68. The first-order chi connectivity index (χ1) is 8.27. The van der Waals surface area contributed by atoms with Crippen molar-refractivity contribution in [1.29, 1.82) is 0 Å². The van der Waals surface area contributed by atoms with Gasteiger partial charge >= 0.3 is 0 Å². The molecule has 0 aliphatic carbocycles. The van der Waals surface area contributed by atoms with Crippen molar-refractivity contribution in [2.75, 3.05) is 33.9 Å². The molecule has 0 spiro atoms. The van der Waals surface area contributed by atoms with E-state index >= 15 is 0 Å². The first-order valence-electron chi connectivity index (χ1n) is 6.04. The monoisotopic (exact) mass is 257 g/mol. The average Bonchev–Trinajstić information content (AvgIpc) is 2.81. The molecule has 1 atom stereocenters. The van der Waals surface area contributed by atoms with E-state index in [9.17, 15) is 0 Å². The summed E-state index contributed by atoms with van der Waals surface area (Å²) in [5.41, 5.74) is 3.01. The van der Waals surface area contributed by atoms with E-state index in [-0.39, 0.29) is 0 Å². The van der Waals surface area contributed by atoms with Crippen molar-refractivity contribution in [1.82, 2.24) is 15.2 Å². The zero-order chi connectivity index (χ0) is 12.5. The molecule has 0 saturated heterocycles. The van der Waals surface area contributed by atoms with Gasteiger partial charge in [0.05, 0.1) is 17.8 Å². The summed E-state index contributed by atoms with van der Waals surface area (Å²) < 4.78 is 5.28. The summed E-state index contributed by atoms with van der Waals surface area (Å²) in [5, 5.41) is 5.54. The number of aromatic nitrogens is 1. The number of rotatable bonds is 9. The second-order valence-electron chi connectivity index (χ2n) is 4.21. The molecule has 0 fully saturated rings. The number of thiazole rings is 1. The fourth-order valence-electron chi connectivity index (χ4n) is 1.68. The second kappa shape index (κ2) is 8.58. The molecule has 1 aromatic rings. The van der Waals surface area contributed by atoms with Gasteiger partial charge in [0.2, 0.25) is 0 Å². The van der Waals surface area contributed by atoms with Crippen LogP contribution in [0.15, 0.2) is 10.9 Å². The summed E-state index contributed by atoms with van der Waals surface area (Å²) in [4.78, 5) is 6.60. The molecule has 1 aromatic heterocycles. The van der Waals surface area contributed by atoms with Crippen LogP contribution in [0.1, 0.15) is 19.0 Å². The third kappa shape index (κ3) is 5.59. The van der Waals surface area contributed by atoms with Crippen molar-refractivity contribution in [2.24, 2.45) is 0 Å². The van der Waals surface area contributed by atoms with Crippen LogP contribution in [-0.4, -0.2) is 49.8 Å². The molecule has 0 aliphatic heterocycles. The lowest BCUT2D eigenvalue weighted by atomic mass is 10.2. The number of hydrogen-bond donors (Lipinski definition) is 1. The molecule has 1 heterocycles. The lowest BCUT2D eigenvalue weighted by Crippen LogP contribution is -2.43. The van der Waals surface area contributed by atoms with Crippen LogP contribution in [0.4, 0.5) is 0 Å². The lowest BCUT2D eigenvalue weighted by molar-refractivity contribution is 0.101. The minimum Gasteiger partial charge on any atom is -0.383 e. The van der Waals surface area contributed by atoms with E-state index in [2.05, 4.69) is 34.6 Å².